The van der Waals surface area contributed by atoms with Gasteiger partial charge in [0, 0.05) is 32.0 Å². The van der Waals surface area contributed by atoms with Gasteiger partial charge in [0.15, 0.2) is 0 Å². The molecule has 0 aliphatic rings. The summed E-state index contributed by atoms with van der Waals surface area (Å²) in [5, 5.41) is 16.4. The van der Waals surface area contributed by atoms with E-state index in [0.717, 1.165) is 0 Å². The minimum Gasteiger partial charge on any atom is -0.395 e. The molecule has 17 heavy (non-hydrogen) atoms. The van der Waals surface area contributed by atoms with Crippen LogP contribution in [0.1, 0.15) is 5.56 Å². The van der Waals surface area contributed by atoms with Crippen molar-refractivity contribution >= 4 is 11.7 Å². The predicted octanol–water partition coefficient (Wildman–Crippen LogP) is -0.189. The highest BCUT2D eigenvalue weighted by Crippen LogP contribution is 2.11. The summed E-state index contributed by atoms with van der Waals surface area (Å²) in [6.07, 6.45) is 1.60. The summed E-state index contributed by atoms with van der Waals surface area (Å²) in [6.45, 7) is 1.69. The van der Waals surface area contributed by atoms with Crippen molar-refractivity contribution in [1.29, 1.82) is 5.41 Å². The molecule has 6 nitrogen and oxygen atoms in total. The highest BCUT2D eigenvalue weighted by atomic mass is 16.5. The average Bonchev–Trinajstić information content (AvgIpc) is 2.34. The molecule has 1 aromatic rings. The van der Waals surface area contributed by atoms with E-state index in [0.29, 0.717) is 31.1 Å². The van der Waals surface area contributed by atoms with Gasteiger partial charge in [0.25, 0.3) is 0 Å². The Morgan fingerprint density at radius 3 is 2.94 bits per heavy atom. The number of ether oxygens (including phenoxy) is 1. The molecule has 0 aromatic carbocycles. The van der Waals surface area contributed by atoms with Gasteiger partial charge in [-0.2, -0.15) is 0 Å². The third kappa shape index (κ3) is 4.01. The minimum absolute atomic E-state index is 0.00402. The van der Waals surface area contributed by atoms with Crippen LogP contribution in [0.3, 0.4) is 0 Å². The Kier molecular flexibility index (Phi) is 5.38. The molecule has 1 rings (SSSR count). The molecule has 0 spiro atoms. The van der Waals surface area contributed by atoms with E-state index in [4.69, 9.17) is 21.0 Å². The van der Waals surface area contributed by atoms with Gasteiger partial charge < -0.3 is 20.5 Å². The molecule has 0 bridgehead atoms. The molecule has 0 aliphatic heterocycles. The molecule has 6 heteroatoms. The molecular formula is C11H18N4O2. The topological polar surface area (TPSA) is 95.5 Å². The fourth-order valence-corrected chi connectivity index (χ4v) is 1.42. The van der Waals surface area contributed by atoms with Crippen LogP contribution in [0, 0.1) is 5.41 Å². The first kappa shape index (κ1) is 13.4. The smallest absolute Gasteiger partial charge is 0.129 e. The highest BCUT2D eigenvalue weighted by molar-refractivity contribution is 5.95. The van der Waals surface area contributed by atoms with Crippen LogP contribution in [0.15, 0.2) is 18.3 Å². The van der Waals surface area contributed by atoms with Crippen molar-refractivity contribution in [3.63, 3.8) is 0 Å². The fourth-order valence-electron chi connectivity index (χ4n) is 1.42. The van der Waals surface area contributed by atoms with Gasteiger partial charge >= 0.3 is 0 Å². The maximum absolute atomic E-state index is 9.00. The summed E-state index contributed by atoms with van der Waals surface area (Å²) in [6, 6.07) is 3.41. The molecule has 94 valence electrons. The van der Waals surface area contributed by atoms with Gasteiger partial charge in [-0.1, -0.05) is 0 Å². The van der Waals surface area contributed by atoms with Crippen LogP contribution in [0.2, 0.25) is 0 Å². The summed E-state index contributed by atoms with van der Waals surface area (Å²) >= 11 is 0. The Morgan fingerprint density at radius 1 is 1.59 bits per heavy atom. The van der Waals surface area contributed by atoms with E-state index in [1.165, 1.54) is 0 Å². The lowest BCUT2D eigenvalue weighted by atomic mass is 10.2. The summed E-state index contributed by atoms with van der Waals surface area (Å²) in [5.74, 6) is 0.688. The van der Waals surface area contributed by atoms with Crippen LogP contribution in [-0.4, -0.2) is 49.3 Å². The zero-order valence-corrected chi connectivity index (χ0v) is 9.89. The Bertz CT molecular complexity index is 370. The van der Waals surface area contributed by atoms with Crippen LogP contribution >= 0.6 is 0 Å². The van der Waals surface area contributed by atoms with Crippen molar-refractivity contribution in [2.75, 3.05) is 38.3 Å². The number of amidine groups is 1. The van der Waals surface area contributed by atoms with Crippen molar-refractivity contribution in [3.05, 3.63) is 23.9 Å². The Hall–Kier alpha value is -1.66. The zero-order chi connectivity index (χ0) is 12.7. The SMILES string of the molecule is COCCN(CCO)c1cc(C(=N)N)ccn1. The Balaban J connectivity index is 2.84. The van der Waals surface area contributed by atoms with Gasteiger partial charge in [-0.25, -0.2) is 4.98 Å². The van der Waals surface area contributed by atoms with E-state index >= 15 is 0 Å². The largest absolute Gasteiger partial charge is 0.395 e. The third-order valence-corrected chi connectivity index (χ3v) is 2.32. The molecule has 0 radical (unpaired) electrons. The maximum atomic E-state index is 9.00. The Morgan fingerprint density at radius 2 is 2.35 bits per heavy atom. The third-order valence-electron chi connectivity index (χ3n) is 2.32. The van der Waals surface area contributed by atoms with E-state index in [1.54, 1.807) is 25.4 Å². The van der Waals surface area contributed by atoms with Gasteiger partial charge in [0.05, 0.1) is 13.2 Å². The minimum atomic E-state index is 0.00402. The zero-order valence-electron chi connectivity index (χ0n) is 9.89. The molecule has 0 unspecified atom stereocenters. The number of methoxy groups -OCH3 is 1. The lowest BCUT2D eigenvalue weighted by Crippen LogP contribution is -2.31. The van der Waals surface area contributed by atoms with Crippen LogP contribution in [0.4, 0.5) is 5.82 Å². The van der Waals surface area contributed by atoms with Crippen LogP contribution in [0.5, 0.6) is 0 Å². The van der Waals surface area contributed by atoms with Gasteiger partial charge in [-0.15, -0.1) is 0 Å². The first-order chi connectivity index (χ1) is 8.19. The predicted molar refractivity (Wildman–Crippen MR) is 66.4 cm³/mol. The highest BCUT2D eigenvalue weighted by Gasteiger charge is 2.08. The standard InChI is InChI=1S/C11H18N4O2/c1-17-7-5-15(4-6-16)10-8-9(11(12)13)2-3-14-10/h2-3,8,16H,4-7H2,1H3,(H3,12,13). The summed E-state index contributed by atoms with van der Waals surface area (Å²) in [5.41, 5.74) is 6.04. The number of aliphatic hydroxyl groups excluding tert-OH is 1. The lowest BCUT2D eigenvalue weighted by molar-refractivity contribution is 0.202. The van der Waals surface area contributed by atoms with Gasteiger partial charge in [0.1, 0.15) is 11.7 Å². The number of nitrogens with zero attached hydrogens (tertiary/aromatic N) is 2. The van der Waals surface area contributed by atoms with Crippen molar-refractivity contribution in [3.8, 4) is 0 Å². The van der Waals surface area contributed by atoms with Crippen molar-refractivity contribution in [2.24, 2.45) is 5.73 Å². The van der Waals surface area contributed by atoms with E-state index in [1.807, 2.05) is 4.90 Å². The molecule has 0 aliphatic carbocycles. The van der Waals surface area contributed by atoms with E-state index < -0.39 is 0 Å². The molecule has 0 fully saturated rings. The first-order valence-electron chi connectivity index (χ1n) is 5.34. The second-order valence-electron chi connectivity index (χ2n) is 3.52. The molecule has 4 N–H and O–H groups in total. The Labute approximate surface area is 101 Å². The summed E-state index contributed by atoms with van der Waals surface area (Å²) in [4.78, 5) is 6.09. The molecule has 0 saturated carbocycles. The number of nitrogens with one attached hydrogen (secondary N) is 1. The van der Waals surface area contributed by atoms with Gasteiger partial charge in [0.2, 0.25) is 0 Å². The van der Waals surface area contributed by atoms with Crippen molar-refractivity contribution in [1.82, 2.24) is 4.98 Å². The lowest BCUT2D eigenvalue weighted by Gasteiger charge is -2.22. The molecule has 0 atom stereocenters. The molecule has 1 aromatic heterocycles. The number of aliphatic hydroxyl groups is 1. The number of anilines is 1. The maximum Gasteiger partial charge on any atom is 0.129 e. The second kappa shape index (κ2) is 6.82. The number of rotatable bonds is 7. The van der Waals surface area contributed by atoms with Gasteiger partial charge in [-0.3, -0.25) is 5.41 Å². The molecular weight excluding hydrogens is 220 g/mol. The summed E-state index contributed by atoms with van der Waals surface area (Å²) < 4.78 is 5.00. The van der Waals surface area contributed by atoms with Crippen LogP contribution in [0.25, 0.3) is 0 Å². The molecule has 1 heterocycles. The van der Waals surface area contributed by atoms with E-state index in [-0.39, 0.29) is 12.4 Å². The quantitative estimate of drug-likeness (QED) is 0.452. The van der Waals surface area contributed by atoms with Crippen LogP contribution < -0.4 is 10.6 Å². The van der Waals surface area contributed by atoms with Crippen LogP contribution in [-0.2, 0) is 4.74 Å². The number of hydrogen-bond acceptors (Lipinski definition) is 5. The second-order valence-corrected chi connectivity index (χ2v) is 3.52. The average molecular weight is 238 g/mol. The number of aromatic nitrogens is 1. The number of nitrogens with two attached hydrogens (primary N) is 1. The van der Waals surface area contributed by atoms with E-state index in [9.17, 15) is 0 Å². The van der Waals surface area contributed by atoms with Gasteiger partial charge in [-0.05, 0) is 12.1 Å². The van der Waals surface area contributed by atoms with Crippen molar-refractivity contribution in [2.45, 2.75) is 0 Å². The van der Waals surface area contributed by atoms with E-state index in [2.05, 4.69) is 4.98 Å². The number of nitrogen functional groups attached to an aromatic ring is 1. The molecule has 0 saturated heterocycles. The summed E-state index contributed by atoms with van der Waals surface area (Å²) in [7, 11) is 1.62. The fraction of sp³-hybridized carbons (Fsp3) is 0.455. The monoisotopic (exact) mass is 238 g/mol. The first-order valence-corrected chi connectivity index (χ1v) is 5.34. The molecule has 0 amide bonds. The number of hydrogen-bond donors (Lipinski definition) is 3. The number of pyridine rings is 1. The normalized spacial score (nSPS) is 10.2. The van der Waals surface area contributed by atoms with Crippen molar-refractivity contribution < 1.29 is 9.84 Å².